The summed E-state index contributed by atoms with van der Waals surface area (Å²) >= 11 is 0. The molecule has 1 aliphatic carbocycles. The van der Waals surface area contributed by atoms with E-state index in [1.54, 1.807) is 0 Å². The van der Waals surface area contributed by atoms with E-state index < -0.39 is 0 Å². The molecule has 1 aliphatic heterocycles. The molecule has 1 fully saturated rings. The summed E-state index contributed by atoms with van der Waals surface area (Å²) < 4.78 is 14.5. The highest BCUT2D eigenvalue weighted by Gasteiger charge is 2.47. The molecule has 2 heterocycles. The minimum Gasteiger partial charge on any atom is -0.347 e. The van der Waals surface area contributed by atoms with E-state index >= 15 is 0 Å². The van der Waals surface area contributed by atoms with Crippen molar-refractivity contribution in [3.05, 3.63) is 35.5 Å². The van der Waals surface area contributed by atoms with E-state index in [-0.39, 0.29) is 6.41 Å². The van der Waals surface area contributed by atoms with Gasteiger partial charge in [0, 0.05) is 49.4 Å². The smallest absolute Gasteiger partial charge is 0.219 e. The highest BCUT2D eigenvalue weighted by molar-refractivity contribution is 5.86. The summed E-state index contributed by atoms with van der Waals surface area (Å²) in [6, 6.07) is 9.26. The number of hydrogen-bond donors (Lipinski definition) is 0. The zero-order valence-electron chi connectivity index (χ0n) is 16.6. The predicted molar refractivity (Wildman–Crippen MR) is 105 cm³/mol. The Morgan fingerprint density at radius 1 is 1.12 bits per heavy atom. The zero-order valence-corrected chi connectivity index (χ0v) is 16.6. The monoisotopic (exact) mass is 356 g/mol. The lowest BCUT2D eigenvalue weighted by molar-refractivity contribution is -0.247. The first-order valence-corrected chi connectivity index (χ1v) is 10.3. The molecule has 4 rings (SSSR count). The van der Waals surface area contributed by atoms with Gasteiger partial charge >= 0.3 is 0 Å². The van der Waals surface area contributed by atoms with Crippen LogP contribution in [0, 0.1) is 11.8 Å². The molecule has 3 atom stereocenters. The topological polar surface area (TPSA) is 26.6 Å². The Labute approximate surface area is 157 Å². The third-order valence-corrected chi connectivity index (χ3v) is 6.51. The summed E-state index contributed by atoms with van der Waals surface area (Å²) in [5, 5.41) is 1.41. The number of likely N-dealkylation sites (tertiary alicyclic amines) is 1. The molecule has 0 amide bonds. The fraction of sp³-hybridized carbons (Fsp3) is 0.636. The fourth-order valence-electron chi connectivity index (χ4n) is 5.42. The van der Waals surface area contributed by atoms with Crippen LogP contribution in [0.5, 0.6) is 0 Å². The Kier molecular flexibility index (Phi) is 5.09. The van der Waals surface area contributed by atoms with E-state index in [0.29, 0.717) is 25.2 Å². The van der Waals surface area contributed by atoms with Gasteiger partial charge in [-0.05, 0) is 50.2 Å². The number of fused-ring (bicyclic) bond motifs is 6. The molecule has 2 aliphatic rings. The van der Waals surface area contributed by atoms with Crippen LogP contribution in [0.2, 0.25) is 0 Å². The highest BCUT2D eigenvalue weighted by Crippen LogP contribution is 2.51. The Hall–Kier alpha value is -1.36. The highest BCUT2D eigenvalue weighted by atomic mass is 16.7. The van der Waals surface area contributed by atoms with Gasteiger partial charge in [0.1, 0.15) is 0 Å². The van der Waals surface area contributed by atoms with E-state index in [1.807, 2.05) is 0 Å². The molecule has 0 N–H and O–H groups in total. The van der Waals surface area contributed by atoms with E-state index in [4.69, 9.17) is 9.47 Å². The molecule has 0 radical (unpaired) electrons. The summed E-state index contributed by atoms with van der Waals surface area (Å²) in [4.78, 5) is 2.50. The lowest BCUT2D eigenvalue weighted by Gasteiger charge is -2.51. The minimum absolute atomic E-state index is 0.241. The molecular formula is C22H32N2O2. The molecule has 4 heteroatoms. The molecule has 1 aromatic carbocycles. The largest absolute Gasteiger partial charge is 0.347 e. The maximum absolute atomic E-state index is 6.04. The van der Waals surface area contributed by atoms with Crippen molar-refractivity contribution in [2.24, 2.45) is 18.9 Å². The average molecular weight is 357 g/mol. The summed E-state index contributed by atoms with van der Waals surface area (Å²) in [5.74, 6) is 1.44. The molecule has 1 unspecified atom stereocenters. The number of para-hydroxylation sites is 1. The molecule has 0 saturated carbocycles. The van der Waals surface area contributed by atoms with Crippen LogP contribution in [0.3, 0.4) is 0 Å². The van der Waals surface area contributed by atoms with Crippen LogP contribution in [0.4, 0.5) is 0 Å². The van der Waals surface area contributed by atoms with Crippen molar-refractivity contribution in [3.8, 4) is 0 Å². The number of nitrogens with zero attached hydrogens (tertiary/aromatic N) is 2. The van der Waals surface area contributed by atoms with E-state index in [9.17, 15) is 0 Å². The van der Waals surface area contributed by atoms with Crippen molar-refractivity contribution in [3.63, 3.8) is 0 Å². The molecular weight excluding hydrogens is 324 g/mol. The lowest BCUT2D eigenvalue weighted by Crippen LogP contribution is -2.52. The number of benzene rings is 1. The molecule has 1 saturated heterocycles. The van der Waals surface area contributed by atoms with Gasteiger partial charge in [0.05, 0.1) is 0 Å². The second kappa shape index (κ2) is 7.34. The van der Waals surface area contributed by atoms with Gasteiger partial charge in [-0.1, -0.05) is 31.5 Å². The van der Waals surface area contributed by atoms with E-state index in [1.165, 1.54) is 41.4 Å². The van der Waals surface area contributed by atoms with Gasteiger partial charge in [0.2, 0.25) is 6.41 Å². The van der Waals surface area contributed by atoms with Gasteiger partial charge in [-0.15, -0.1) is 0 Å². The van der Waals surface area contributed by atoms with Gasteiger partial charge in [0.15, 0.2) is 0 Å². The SMILES string of the molecule is CCOC(OCC)N1CC[C@H]2Cc3c(c4ccccc4n3C)[C@@H]1C2CC. The fourth-order valence-corrected chi connectivity index (χ4v) is 5.42. The van der Waals surface area contributed by atoms with Gasteiger partial charge in [-0.3, -0.25) is 0 Å². The first kappa shape index (κ1) is 18.0. The second-order valence-corrected chi connectivity index (χ2v) is 7.66. The Bertz CT molecular complexity index is 763. The standard InChI is InChI=1S/C22H32N2O2/c1-5-16-15-12-13-24(22(25-6-2)26-7-3)21(16)20-17-10-8-9-11-18(17)23(4)19(20)14-15/h8-11,15-16,21-22H,5-7,12-14H2,1-4H3/t15-,16?,21-/m0/s1. The average Bonchev–Trinajstić information content (AvgIpc) is 2.93. The van der Waals surface area contributed by atoms with Crippen LogP contribution < -0.4 is 0 Å². The van der Waals surface area contributed by atoms with Crippen molar-refractivity contribution in [2.45, 2.75) is 52.5 Å². The molecule has 142 valence electrons. The van der Waals surface area contributed by atoms with Gasteiger partial charge in [0.25, 0.3) is 0 Å². The molecule has 26 heavy (non-hydrogen) atoms. The molecule has 0 spiro atoms. The van der Waals surface area contributed by atoms with Crippen LogP contribution >= 0.6 is 0 Å². The maximum Gasteiger partial charge on any atom is 0.219 e. The van der Waals surface area contributed by atoms with Crippen molar-refractivity contribution >= 4 is 10.9 Å². The van der Waals surface area contributed by atoms with Crippen molar-refractivity contribution in [1.29, 1.82) is 0 Å². The Morgan fingerprint density at radius 2 is 1.85 bits per heavy atom. The lowest BCUT2D eigenvalue weighted by atomic mass is 9.68. The zero-order chi connectivity index (χ0) is 18.3. The van der Waals surface area contributed by atoms with Crippen LogP contribution in [-0.4, -0.2) is 35.6 Å². The normalized spacial score (nSPS) is 25.8. The summed E-state index contributed by atoms with van der Waals surface area (Å²) in [6.07, 6.45) is 3.40. The number of rotatable bonds is 6. The number of ether oxygens (including phenoxy) is 2. The quantitative estimate of drug-likeness (QED) is 0.714. The third-order valence-electron chi connectivity index (χ3n) is 6.51. The summed E-state index contributed by atoms with van der Waals surface area (Å²) in [6.45, 7) is 8.87. The van der Waals surface area contributed by atoms with Gasteiger partial charge in [-0.2, -0.15) is 0 Å². The second-order valence-electron chi connectivity index (χ2n) is 7.66. The first-order valence-electron chi connectivity index (χ1n) is 10.3. The summed E-state index contributed by atoms with van der Waals surface area (Å²) in [5.41, 5.74) is 4.39. The predicted octanol–water partition coefficient (Wildman–Crippen LogP) is 4.48. The Balaban J connectivity index is 1.86. The molecule has 2 bridgehead atoms. The van der Waals surface area contributed by atoms with Crippen LogP contribution in [-0.2, 0) is 22.9 Å². The van der Waals surface area contributed by atoms with Crippen LogP contribution in [0.1, 0.15) is 50.9 Å². The summed E-state index contributed by atoms with van der Waals surface area (Å²) in [7, 11) is 2.23. The van der Waals surface area contributed by atoms with Crippen molar-refractivity contribution < 1.29 is 9.47 Å². The molecule has 1 aromatic heterocycles. The third kappa shape index (κ3) is 2.70. The minimum atomic E-state index is -0.241. The Morgan fingerprint density at radius 3 is 2.54 bits per heavy atom. The van der Waals surface area contributed by atoms with E-state index in [0.717, 1.165) is 12.5 Å². The number of hydrogen-bond acceptors (Lipinski definition) is 3. The van der Waals surface area contributed by atoms with E-state index in [2.05, 4.69) is 61.6 Å². The molecule has 4 nitrogen and oxygen atoms in total. The molecule has 2 aromatic rings. The van der Waals surface area contributed by atoms with Gasteiger partial charge in [-0.25, -0.2) is 4.90 Å². The first-order chi connectivity index (χ1) is 12.7. The number of aromatic nitrogens is 1. The van der Waals surface area contributed by atoms with Gasteiger partial charge < -0.3 is 14.0 Å². The van der Waals surface area contributed by atoms with Crippen molar-refractivity contribution in [2.75, 3.05) is 19.8 Å². The maximum atomic E-state index is 6.04. The van der Waals surface area contributed by atoms with Crippen LogP contribution in [0.15, 0.2) is 24.3 Å². The number of piperidine rings is 1. The number of aryl methyl sites for hydroxylation is 1. The van der Waals surface area contributed by atoms with Crippen molar-refractivity contribution in [1.82, 2.24) is 9.47 Å². The van der Waals surface area contributed by atoms with Crippen LogP contribution in [0.25, 0.3) is 10.9 Å².